The minimum Gasteiger partial charge on any atom is -0.363 e. The smallest absolute Gasteiger partial charge is 0.287 e. The zero-order valence-corrected chi connectivity index (χ0v) is 19.9. The van der Waals surface area contributed by atoms with Crippen LogP contribution in [0.25, 0.3) is 0 Å². The van der Waals surface area contributed by atoms with Gasteiger partial charge in [-0.05, 0) is 48.3 Å². The Morgan fingerprint density at radius 1 is 1.00 bits per heavy atom. The third-order valence-electron chi connectivity index (χ3n) is 8.08. The molecule has 4 fully saturated rings. The highest BCUT2D eigenvalue weighted by Crippen LogP contribution is 2.65. The second kappa shape index (κ2) is 8.40. The minimum atomic E-state index is -1.06. The van der Waals surface area contributed by atoms with Crippen molar-refractivity contribution in [1.82, 2.24) is 15.5 Å². The Labute approximate surface area is 194 Å². The lowest BCUT2D eigenvalue weighted by molar-refractivity contribution is -0.145. The Bertz CT molecular complexity index is 876. The topological polar surface area (TPSA) is 139 Å². The number of nitrogens with two attached hydrogens (primary N) is 1. The normalized spacial score (nSPS) is 29.1. The van der Waals surface area contributed by atoms with Crippen molar-refractivity contribution in [3.05, 3.63) is 0 Å². The van der Waals surface area contributed by atoms with Gasteiger partial charge in [0.15, 0.2) is 0 Å². The number of piperidine rings is 1. The Balaban J connectivity index is 1.52. The van der Waals surface area contributed by atoms with Crippen LogP contribution in [0.5, 0.6) is 0 Å². The Kier molecular flexibility index (Phi) is 6.03. The maximum absolute atomic E-state index is 13.6. The summed E-state index contributed by atoms with van der Waals surface area (Å²) in [6.45, 7) is 8.35. The zero-order valence-electron chi connectivity index (χ0n) is 19.9. The quantitative estimate of drug-likeness (QED) is 0.404. The van der Waals surface area contributed by atoms with E-state index in [2.05, 4.69) is 24.5 Å². The van der Waals surface area contributed by atoms with Crippen molar-refractivity contribution >= 4 is 29.4 Å². The second-order valence-corrected chi connectivity index (χ2v) is 11.4. The fraction of sp³-hybridized carbons (Fsp3) is 0.792. The minimum absolute atomic E-state index is 0.0212. The first-order valence-corrected chi connectivity index (χ1v) is 12.2. The van der Waals surface area contributed by atoms with Crippen LogP contribution in [0.15, 0.2) is 0 Å². The fourth-order valence-corrected chi connectivity index (χ4v) is 5.47. The number of hydrogen-bond acceptors (Lipinski definition) is 5. The lowest BCUT2D eigenvalue weighted by Gasteiger charge is -2.34. The summed E-state index contributed by atoms with van der Waals surface area (Å²) >= 11 is 0. The summed E-state index contributed by atoms with van der Waals surface area (Å²) < 4.78 is 0. The molecule has 0 spiro atoms. The largest absolute Gasteiger partial charge is 0.363 e. The Morgan fingerprint density at radius 3 is 2.15 bits per heavy atom. The molecule has 0 aromatic heterocycles. The highest BCUT2D eigenvalue weighted by Gasteiger charge is 2.69. The molecular weight excluding hydrogens is 424 g/mol. The number of carbonyl (C=O) groups excluding carboxylic acids is 5. The first kappa shape index (κ1) is 23.7. The van der Waals surface area contributed by atoms with Crippen molar-refractivity contribution in [2.45, 2.75) is 77.9 Å². The first-order valence-electron chi connectivity index (χ1n) is 12.2. The molecule has 9 heteroatoms. The predicted octanol–water partition coefficient (Wildman–Crippen LogP) is 0.360. The summed E-state index contributed by atoms with van der Waals surface area (Å²) in [6.07, 6.45) is 3.99. The molecule has 9 nitrogen and oxygen atoms in total. The number of nitrogens with one attached hydrogen (secondary N) is 2. The molecule has 0 radical (unpaired) electrons. The average Bonchev–Trinajstić information content (AvgIpc) is 3.67. The van der Waals surface area contributed by atoms with Crippen LogP contribution >= 0.6 is 0 Å². The molecule has 4 rings (SSSR count). The van der Waals surface area contributed by atoms with E-state index in [9.17, 15) is 24.0 Å². The maximum atomic E-state index is 13.6. The van der Waals surface area contributed by atoms with Gasteiger partial charge in [0.2, 0.25) is 23.5 Å². The van der Waals surface area contributed by atoms with Gasteiger partial charge in [0.25, 0.3) is 5.91 Å². The van der Waals surface area contributed by atoms with E-state index >= 15 is 0 Å². The van der Waals surface area contributed by atoms with Gasteiger partial charge in [0.05, 0.1) is 6.04 Å². The molecule has 4 aliphatic rings. The van der Waals surface area contributed by atoms with Crippen LogP contribution in [-0.2, 0) is 24.0 Å². The second-order valence-electron chi connectivity index (χ2n) is 11.4. The summed E-state index contributed by atoms with van der Waals surface area (Å²) in [7, 11) is 0. The molecule has 4 amide bonds. The standard InChI is InChI=1S/C24H36N4O5/c1-11(2)17(27-21(31)13-7-8-13)23(33)28-10-14-16(24(14,3)4)18(28)22(32)26-15(9-12-5-6-12)19(29)20(25)30/h11-18H,5-10H2,1-4H3,(H2,25,30)(H,26,32)(H,27,31)/t14?,15?,16?,17-,18?/m0/s1. The molecule has 5 atom stereocenters. The number of amides is 4. The van der Waals surface area contributed by atoms with Gasteiger partial charge >= 0.3 is 0 Å². The predicted molar refractivity (Wildman–Crippen MR) is 119 cm³/mol. The molecule has 0 bridgehead atoms. The number of fused-ring (bicyclic) bond motifs is 1. The first-order chi connectivity index (χ1) is 15.4. The van der Waals surface area contributed by atoms with Crippen molar-refractivity contribution in [1.29, 1.82) is 0 Å². The number of ketones is 1. The number of nitrogens with zero attached hydrogens (tertiary/aromatic N) is 1. The molecule has 4 N–H and O–H groups in total. The van der Waals surface area contributed by atoms with E-state index in [1.165, 1.54) is 0 Å². The van der Waals surface area contributed by atoms with Crippen LogP contribution in [0.4, 0.5) is 0 Å². The van der Waals surface area contributed by atoms with Crippen molar-refractivity contribution in [2.24, 2.45) is 40.7 Å². The number of Topliss-reactive ketones (excluding diaryl/α,β-unsaturated/α-hetero) is 1. The monoisotopic (exact) mass is 460 g/mol. The maximum Gasteiger partial charge on any atom is 0.287 e. The highest BCUT2D eigenvalue weighted by atomic mass is 16.2. The van der Waals surface area contributed by atoms with E-state index in [0.717, 1.165) is 25.7 Å². The number of carbonyl (C=O) groups is 5. The molecule has 1 heterocycles. The summed E-state index contributed by atoms with van der Waals surface area (Å²) in [5.41, 5.74) is 5.13. The van der Waals surface area contributed by atoms with Crippen LogP contribution in [0.2, 0.25) is 0 Å². The van der Waals surface area contributed by atoms with E-state index in [0.29, 0.717) is 18.9 Å². The third kappa shape index (κ3) is 4.64. The number of rotatable bonds is 10. The molecular formula is C24H36N4O5. The van der Waals surface area contributed by atoms with Crippen LogP contribution in [0.3, 0.4) is 0 Å². The molecule has 33 heavy (non-hydrogen) atoms. The van der Waals surface area contributed by atoms with Crippen molar-refractivity contribution < 1.29 is 24.0 Å². The Morgan fingerprint density at radius 2 is 1.64 bits per heavy atom. The van der Waals surface area contributed by atoms with Crippen molar-refractivity contribution in [3.63, 3.8) is 0 Å². The van der Waals surface area contributed by atoms with Crippen molar-refractivity contribution in [3.8, 4) is 0 Å². The lowest BCUT2D eigenvalue weighted by atomic mass is 9.96. The van der Waals surface area contributed by atoms with E-state index in [1.54, 1.807) is 4.90 Å². The molecule has 3 aliphatic carbocycles. The van der Waals surface area contributed by atoms with Gasteiger partial charge in [-0.2, -0.15) is 0 Å². The van der Waals surface area contributed by atoms with Crippen LogP contribution in [-0.4, -0.2) is 59.0 Å². The lowest BCUT2D eigenvalue weighted by Crippen LogP contribution is -2.59. The molecule has 0 aromatic rings. The van der Waals surface area contributed by atoms with Gasteiger partial charge in [-0.25, -0.2) is 0 Å². The zero-order chi connectivity index (χ0) is 24.2. The van der Waals surface area contributed by atoms with Crippen LogP contribution < -0.4 is 16.4 Å². The number of likely N-dealkylation sites (tertiary alicyclic amines) is 1. The summed E-state index contributed by atoms with van der Waals surface area (Å²) in [6, 6.07) is -2.40. The average molecular weight is 461 g/mol. The highest BCUT2D eigenvalue weighted by molar-refractivity contribution is 6.37. The van der Waals surface area contributed by atoms with E-state index in [4.69, 9.17) is 5.73 Å². The third-order valence-corrected chi connectivity index (χ3v) is 8.08. The van der Waals surface area contributed by atoms with Gasteiger partial charge in [0.1, 0.15) is 12.1 Å². The SMILES string of the molecule is CC(C)[C@H](NC(=O)C1CC1)C(=O)N1CC2C(C1C(=O)NC(CC1CC1)C(=O)C(N)=O)C2(C)C. The number of primary amides is 1. The fourth-order valence-electron chi connectivity index (χ4n) is 5.47. The molecule has 3 saturated carbocycles. The van der Waals surface area contributed by atoms with Gasteiger partial charge in [-0.3, -0.25) is 24.0 Å². The van der Waals surface area contributed by atoms with E-state index in [-0.39, 0.29) is 40.9 Å². The van der Waals surface area contributed by atoms with Crippen molar-refractivity contribution in [2.75, 3.05) is 6.54 Å². The van der Waals surface area contributed by atoms with E-state index < -0.39 is 35.7 Å². The molecule has 0 aromatic carbocycles. The van der Waals surface area contributed by atoms with Crippen LogP contribution in [0.1, 0.15) is 59.8 Å². The summed E-state index contributed by atoms with van der Waals surface area (Å²) in [5.74, 6) is -2.35. The summed E-state index contributed by atoms with van der Waals surface area (Å²) in [5, 5.41) is 5.65. The summed E-state index contributed by atoms with van der Waals surface area (Å²) in [4.78, 5) is 64.9. The van der Waals surface area contributed by atoms with Crippen LogP contribution in [0, 0.1) is 35.0 Å². The van der Waals surface area contributed by atoms with Gasteiger partial charge in [-0.15, -0.1) is 0 Å². The van der Waals surface area contributed by atoms with Gasteiger partial charge in [-0.1, -0.05) is 40.5 Å². The molecule has 4 unspecified atom stereocenters. The number of hydrogen-bond donors (Lipinski definition) is 3. The molecule has 182 valence electrons. The van der Waals surface area contributed by atoms with Gasteiger partial charge < -0.3 is 21.3 Å². The molecule has 1 aliphatic heterocycles. The van der Waals surface area contributed by atoms with Gasteiger partial charge in [0, 0.05) is 12.5 Å². The van der Waals surface area contributed by atoms with E-state index in [1.807, 2.05) is 13.8 Å². The Hall–Kier alpha value is -2.45. The molecule has 1 saturated heterocycles.